The van der Waals surface area contributed by atoms with Crippen LogP contribution in [0, 0.1) is 0 Å². The highest BCUT2D eigenvalue weighted by molar-refractivity contribution is 9.10. The fourth-order valence-corrected chi connectivity index (χ4v) is 4.13. The van der Waals surface area contributed by atoms with Crippen molar-refractivity contribution in [2.45, 2.75) is 18.6 Å². The van der Waals surface area contributed by atoms with Crippen LogP contribution in [-0.2, 0) is 12.6 Å². The van der Waals surface area contributed by atoms with Gasteiger partial charge < -0.3 is 25.5 Å². The normalized spacial score (nSPS) is 12.2. The quantitative estimate of drug-likeness (QED) is 0.273. The molecule has 4 rings (SSSR count). The van der Waals surface area contributed by atoms with Gasteiger partial charge in [-0.2, -0.15) is 13.2 Å². The maximum Gasteiger partial charge on any atom is 0.436 e. The molecule has 8 nitrogen and oxygen atoms in total. The number of H-pyrrole nitrogens is 1. The van der Waals surface area contributed by atoms with E-state index in [1.165, 1.54) is 22.2 Å². The van der Waals surface area contributed by atoms with Gasteiger partial charge in [0.25, 0.3) is 0 Å². The van der Waals surface area contributed by atoms with Crippen molar-refractivity contribution in [3.63, 3.8) is 0 Å². The van der Waals surface area contributed by atoms with Crippen LogP contribution in [0.2, 0.25) is 0 Å². The Bertz CT molecular complexity index is 1340. The largest absolute Gasteiger partial charge is 0.497 e. The van der Waals surface area contributed by atoms with E-state index in [2.05, 4.69) is 92.3 Å². The number of aromatic carboxylic acids is 1. The van der Waals surface area contributed by atoms with Crippen molar-refractivity contribution in [2.24, 2.45) is 0 Å². The van der Waals surface area contributed by atoms with Crippen LogP contribution in [0.15, 0.2) is 59.2 Å². The average Bonchev–Trinajstić information content (AvgIpc) is 3.26. The second kappa shape index (κ2) is 11.6. The van der Waals surface area contributed by atoms with Gasteiger partial charge in [-0.25, -0.2) is 14.8 Å². The minimum atomic E-state index is -4.74. The SMILES string of the molecule is COc1ccc(C(Cc2cc3ccccc3[nH]2)N(C)C)cc1.Nc1nc(C(F)(F)F)c(Br)nc1C(=O)O. The number of benzene rings is 2. The van der Waals surface area contributed by atoms with Crippen LogP contribution in [-0.4, -0.2) is 52.1 Å². The van der Waals surface area contributed by atoms with Gasteiger partial charge in [-0.05, 0) is 65.2 Å². The summed E-state index contributed by atoms with van der Waals surface area (Å²) >= 11 is 2.47. The van der Waals surface area contributed by atoms with Gasteiger partial charge in [-0.3, -0.25) is 0 Å². The number of para-hydroxylation sites is 1. The number of methoxy groups -OCH3 is 1. The lowest BCUT2D eigenvalue weighted by atomic mass is 10.0. The Labute approximate surface area is 219 Å². The van der Waals surface area contributed by atoms with Crippen molar-refractivity contribution in [3.8, 4) is 5.75 Å². The minimum Gasteiger partial charge on any atom is -0.497 e. The highest BCUT2D eigenvalue weighted by Crippen LogP contribution is 2.33. The molecule has 0 saturated heterocycles. The number of nitrogens with zero attached hydrogens (tertiary/aromatic N) is 3. The molecular weight excluding hydrogens is 555 g/mol. The highest BCUT2D eigenvalue weighted by atomic mass is 79.9. The van der Waals surface area contributed by atoms with E-state index in [4.69, 9.17) is 15.6 Å². The van der Waals surface area contributed by atoms with Crippen LogP contribution in [0.5, 0.6) is 5.75 Å². The molecule has 2 heterocycles. The standard InChI is InChI=1S/C19H22N2O.C6H3BrF3N3O2/c1-21(2)19(14-8-10-17(22-3)11-9-14)13-16-12-15-6-4-5-7-18(15)20-16;7-3-2(6(8,9)10)13-4(11)1(12-3)5(14)15/h4-12,19-20H,13H2,1-3H3;(H2,11,13)(H,14,15). The lowest BCUT2D eigenvalue weighted by Gasteiger charge is -2.24. The van der Waals surface area contributed by atoms with E-state index in [1.54, 1.807) is 7.11 Å². The molecule has 0 aliphatic rings. The van der Waals surface area contributed by atoms with Gasteiger partial charge in [0.05, 0.1) is 7.11 Å². The van der Waals surface area contributed by atoms with Gasteiger partial charge in [0, 0.05) is 23.7 Å². The smallest absolute Gasteiger partial charge is 0.436 e. The summed E-state index contributed by atoms with van der Waals surface area (Å²) in [6, 6.07) is 19.3. The number of aromatic amines is 1. The van der Waals surface area contributed by atoms with E-state index in [0.29, 0.717) is 6.04 Å². The van der Waals surface area contributed by atoms with E-state index in [-0.39, 0.29) is 0 Å². The Kier molecular flexibility index (Phi) is 8.77. The third kappa shape index (κ3) is 6.98. The van der Waals surface area contributed by atoms with E-state index in [0.717, 1.165) is 12.2 Å². The molecule has 0 aliphatic carbocycles. The number of alkyl halides is 3. The summed E-state index contributed by atoms with van der Waals surface area (Å²) in [5.41, 5.74) is 6.68. The number of anilines is 1. The summed E-state index contributed by atoms with van der Waals surface area (Å²) in [7, 11) is 5.94. The lowest BCUT2D eigenvalue weighted by molar-refractivity contribution is -0.142. The van der Waals surface area contributed by atoms with E-state index in [9.17, 15) is 18.0 Å². The molecule has 1 atom stereocenters. The second-order valence-corrected chi connectivity index (χ2v) is 8.99. The molecule has 0 amide bonds. The number of carboxylic acids is 1. The van der Waals surface area contributed by atoms with Gasteiger partial charge in [-0.1, -0.05) is 30.3 Å². The van der Waals surface area contributed by atoms with Gasteiger partial charge >= 0.3 is 12.1 Å². The molecule has 0 fully saturated rings. The van der Waals surface area contributed by atoms with E-state index < -0.39 is 34.0 Å². The minimum absolute atomic E-state index is 0.332. The number of nitrogen functional groups attached to an aromatic ring is 1. The molecule has 4 N–H and O–H groups in total. The zero-order valence-corrected chi connectivity index (χ0v) is 21.8. The fourth-order valence-electron chi connectivity index (χ4n) is 3.64. The maximum absolute atomic E-state index is 12.2. The number of rotatable bonds is 6. The summed E-state index contributed by atoms with van der Waals surface area (Å²) in [6.45, 7) is 0. The Balaban J connectivity index is 0.000000222. The zero-order chi connectivity index (χ0) is 27.3. The number of nitrogens with one attached hydrogen (secondary N) is 1. The van der Waals surface area contributed by atoms with Crippen LogP contribution in [0.1, 0.15) is 33.5 Å². The number of ether oxygens (including phenoxy) is 1. The molecule has 2 aromatic heterocycles. The third-order valence-electron chi connectivity index (χ3n) is 5.47. The molecule has 4 aromatic rings. The van der Waals surface area contributed by atoms with E-state index >= 15 is 0 Å². The summed E-state index contributed by atoms with van der Waals surface area (Å²) < 4.78 is 41.2. The number of nitrogens with two attached hydrogens (primary N) is 1. The predicted molar refractivity (Wildman–Crippen MR) is 138 cm³/mol. The topological polar surface area (TPSA) is 117 Å². The molecule has 37 heavy (non-hydrogen) atoms. The van der Waals surface area contributed by atoms with Crippen molar-refractivity contribution >= 4 is 38.6 Å². The van der Waals surface area contributed by atoms with Crippen LogP contribution in [0.3, 0.4) is 0 Å². The number of halogens is 4. The molecule has 0 spiro atoms. The first-order valence-corrected chi connectivity index (χ1v) is 11.7. The summed E-state index contributed by atoms with van der Waals surface area (Å²) in [5.74, 6) is -1.43. The van der Waals surface area contributed by atoms with Crippen LogP contribution in [0.4, 0.5) is 19.0 Å². The van der Waals surface area contributed by atoms with Crippen molar-refractivity contribution in [1.29, 1.82) is 0 Å². The van der Waals surface area contributed by atoms with Gasteiger partial charge in [0.1, 0.15) is 10.4 Å². The van der Waals surface area contributed by atoms with Gasteiger partial charge in [0.15, 0.2) is 17.2 Å². The molecule has 2 aromatic carbocycles. The summed E-state index contributed by atoms with van der Waals surface area (Å²) in [4.78, 5) is 22.3. The number of fused-ring (bicyclic) bond motifs is 1. The van der Waals surface area contributed by atoms with Crippen molar-refractivity contribution in [3.05, 3.63) is 81.8 Å². The molecule has 0 aliphatic heterocycles. The maximum atomic E-state index is 12.2. The molecule has 0 saturated carbocycles. The number of carbonyl (C=O) groups is 1. The first kappa shape index (κ1) is 27.9. The number of hydrogen-bond acceptors (Lipinski definition) is 6. The monoisotopic (exact) mass is 579 g/mol. The Morgan fingerprint density at radius 1 is 1.16 bits per heavy atom. The Hall–Kier alpha value is -3.64. The van der Waals surface area contributed by atoms with Crippen molar-refractivity contribution < 1.29 is 27.8 Å². The van der Waals surface area contributed by atoms with Crippen molar-refractivity contribution in [2.75, 3.05) is 26.9 Å². The first-order chi connectivity index (χ1) is 17.4. The molecular formula is C25H25BrF3N5O3. The Morgan fingerprint density at radius 2 is 1.81 bits per heavy atom. The molecule has 1 unspecified atom stereocenters. The first-order valence-electron chi connectivity index (χ1n) is 10.9. The lowest BCUT2D eigenvalue weighted by Crippen LogP contribution is -2.22. The van der Waals surface area contributed by atoms with Crippen LogP contribution < -0.4 is 10.5 Å². The molecule has 0 bridgehead atoms. The number of hydrogen-bond donors (Lipinski definition) is 3. The number of aromatic nitrogens is 3. The Morgan fingerprint density at radius 3 is 2.35 bits per heavy atom. The predicted octanol–water partition coefficient (Wildman–Crippen LogP) is 5.56. The highest BCUT2D eigenvalue weighted by Gasteiger charge is 2.37. The number of carboxylic acid groups (broad SMARTS) is 1. The van der Waals surface area contributed by atoms with E-state index in [1.807, 2.05) is 12.1 Å². The summed E-state index contributed by atoms with van der Waals surface area (Å²) in [5, 5.41) is 9.77. The summed E-state index contributed by atoms with van der Waals surface area (Å²) in [6.07, 6.45) is -3.79. The van der Waals surface area contributed by atoms with Gasteiger partial charge in [-0.15, -0.1) is 0 Å². The fraction of sp³-hybridized carbons (Fsp3) is 0.240. The molecule has 196 valence electrons. The zero-order valence-electron chi connectivity index (χ0n) is 20.2. The molecule has 0 radical (unpaired) electrons. The van der Waals surface area contributed by atoms with Gasteiger partial charge in [0.2, 0.25) is 0 Å². The van der Waals surface area contributed by atoms with Crippen molar-refractivity contribution in [1.82, 2.24) is 19.9 Å². The number of likely N-dealkylation sites (N-methyl/N-ethyl adjacent to an activating group) is 1. The molecule has 12 heteroatoms. The average molecular weight is 580 g/mol. The van der Waals surface area contributed by atoms with Crippen LogP contribution in [0.25, 0.3) is 10.9 Å². The third-order valence-corrected chi connectivity index (χ3v) is 6.03. The second-order valence-electron chi connectivity index (χ2n) is 8.24. The van der Waals surface area contributed by atoms with Crippen LogP contribution >= 0.6 is 15.9 Å².